The number of rotatable bonds is 4. The smallest absolute Gasteiger partial charge is 0.420 e. The number of methoxy groups -OCH3 is 1. The lowest BCUT2D eigenvalue weighted by Gasteiger charge is -2.08. The summed E-state index contributed by atoms with van der Waals surface area (Å²) in [5.74, 6) is -1.78. The average Bonchev–Trinajstić information content (AvgIpc) is 2.92. The van der Waals surface area contributed by atoms with Gasteiger partial charge in [0.1, 0.15) is 6.54 Å². The maximum atomic E-state index is 12.3. The van der Waals surface area contributed by atoms with Gasteiger partial charge in [-0.15, -0.1) is 0 Å². The summed E-state index contributed by atoms with van der Waals surface area (Å²) in [4.78, 5) is 35.9. The van der Waals surface area contributed by atoms with E-state index >= 15 is 0 Å². The van der Waals surface area contributed by atoms with E-state index in [0.29, 0.717) is 21.2 Å². The zero-order chi connectivity index (χ0) is 18.8. The molecule has 0 aliphatic heterocycles. The molecule has 0 aliphatic rings. The molecule has 0 radical (unpaired) electrons. The summed E-state index contributed by atoms with van der Waals surface area (Å²) >= 11 is 11.9. The molecule has 0 saturated carbocycles. The number of anilines is 1. The predicted molar refractivity (Wildman–Crippen MR) is 96.9 cm³/mol. The van der Waals surface area contributed by atoms with Crippen LogP contribution in [0.2, 0.25) is 10.0 Å². The third-order valence-electron chi connectivity index (χ3n) is 3.59. The van der Waals surface area contributed by atoms with Crippen molar-refractivity contribution in [3.05, 3.63) is 62.6 Å². The number of hydrogen-bond donors (Lipinski definition) is 1. The summed E-state index contributed by atoms with van der Waals surface area (Å²) in [6.07, 6.45) is 0. The van der Waals surface area contributed by atoms with E-state index in [1.54, 1.807) is 12.1 Å². The number of aromatic nitrogens is 1. The number of ether oxygens (including phenoxy) is 1. The molecule has 1 N–H and O–H groups in total. The van der Waals surface area contributed by atoms with Crippen molar-refractivity contribution in [3.63, 3.8) is 0 Å². The minimum absolute atomic E-state index is 0.173. The van der Waals surface area contributed by atoms with Gasteiger partial charge in [-0.1, -0.05) is 23.2 Å². The van der Waals surface area contributed by atoms with Crippen molar-refractivity contribution in [2.24, 2.45) is 0 Å². The zero-order valence-electron chi connectivity index (χ0n) is 13.4. The van der Waals surface area contributed by atoms with Crippen LogP contribution in [0.4, 0.5) is 5.69 Å². The van der Waals surface area contributed by atoms with Crippen molar-refractivity contribution in [2.75, 3.05) is 12.4 Å². The van der Waals surface area contributed by atoms with Crippen LogP contribution in [0.3, 0.4) is 0 Å². The van der Waals surface area contributed by atoms with Gasteiger partial charge in [0.15, 0.2) is 5.58 Å². The molecule has 0 atom stereocenters. The lowest BCUT2D eigenvalue weighted by molar-refractivity contribution is -0.116. The van der Waals surface area contributed by atoms with Crippen LogP contribution in [0.5, 0.6) is 0 Å². The predicted octanol–water partition coefficient (Wildman–Crippen LogP) is 3.33. The molecule has 7 nitrogen and oxygen atoms in total. The molecular weight excluding hydrogens is 383 g/mol. The molecule has 1 heterocycles. The molecule has 0 bridgehead atoms. The van der Waals surface area contributed by atoms with Gasteiger partial charge in [0, 0.05) is 5.02 Å². The van der Waals surface area contributed by atoms with Crippen LogP contribution in [-0.2, 0) is 16.1 Å². The van der Waals surface area contributed by atoms with E-state index in [1.807, 2.05) is 0 Å². The monoisotopic (exact) mass is 394 g/mol. The number of hydrogen-bond acceptors (Lipinski definition) is 5. The summed E-state index contributed by atoms with van der Waals surface area (Å²) in [5.41, 5.74) is 1.11. The molecule has 0 aliphatic carbocycles. The first-order valence-electron chi connectivity index (χ1n) is 7.35. The van der Waals surface area contributed by atoms with Crippen LogP contribution in [0, 0.1) is 0 Å². The van der Waals surface area contributed by atoms with E-state index in [4.69, 9.17) is 27.6 Å². The summed E-state index contributed by atoms with van der Waals surface area (Å²) < 4.78 is 10.9. The maximum Gasteiger partial charge on any atom is 0.420 e. The fraction of sp³-hybridized carbons (Fsp3) is 0.118. The Morgan fingerprint density at radius 3 is 2.69 bits per heavy atom. The highest BCUT2D eigenvalue weighted by molar-refractivity contribution is 6.35. The first-order chi connectivity index (χ1) is 12.4. The van der Waals surface area contributed by atoms with Gasteiger partial charge in [-0.3, -0.25) is 9.36 Å². The number of esters is 1. The van der Waals surface area contributed by atoms with Crippen LogP contribution >= 0.6 is 23.2 Å². The molecule has 3 aromatic rings. The van der Waals surface area contributed by atoms with Crippen LogP contribution in [0.25, 0.3) is 11.1 Å². The van der Waals surface area contributed by atoms with Gasteiger partial charge >= 0.3 is 11.7 Å². The minimum Gasteiger partial charge on any atom is -0.465 e. The van der Waals surface area contributed by atoms with Crippen LogP contribution in [0.1, 0.15) is 10.4 Å². The Hall–Kier alpha value is -2.77. The fourth-order valence-corrected chi connectivity index (χ4v) is 2.72. The molecule has 2 aromatic carbocycles. The van der Waals surface area contributed by atoms with E-state index < -0.39 is 17.6 Å². The second-order valence-electron chi connectivity index (χ2n) is 5.30. The molecule has 0 unspecified atom stereocenters. The Kier molecular flexibility index (Phi) is 5.01. The minimum atomic E-state index is -0.727. The molecular formula is C17H12Cl2N2O5. The lowest BCUT2D eigenvalue weighted by atomic mass is 10.2. The number of nitrogens with one attached hydrogen (secondary N) is 1. The number of benzene rings is 2. The molecule has 9 heteroatoms. The van der Waals surface area contributed by atoms with E-state index in [-0.39, 0.29) is 17.7 Å². The van der Waals surface area contributed by atoms with Crippen molar-refractivity contribution in [1.29, 1.82) is 0 Å². The topological polar surface area (TPSA) is 90.5 Å². The molecule has 26 heavy (non-hydrogen) atoms. The van der Waals surface area contributed by atoms with Crippen LogP contribution < -0.4 is 11.1 Å². The summed E-state index contributed by atoms with van der Waals surface area (Å²) in [5, 5.41) is 3.31. The first-order valence-corrected chi connectivity index (χ1v) is 8.11. The summed E-state index contributed by atoms with van der Waals surface area (Å²) in [7, 11) is 1.25. The number of nitrogens with zero attached hydrogens (tertiary/aromatic N) is 1. The lowest BCUT2D eigenvalue weighted by Crippen LogP contribution is -2.24. The van der Waals surface area contributed by atoms with E-state index in [2.05, 4.69) is 10.1 Å². The largest absolute Gasteiger partial charge is 0.465 e. The number of carbonyl (C=O) groups excluding carboxylic acids is 2. The summed E-state index contributed by atoms with van der Waals surface area (Å²) in [6.45, 7) is -0.299. The second kappa shape index (κ2) is 7.23. The number of carbonyl (C=O) groups is 2. The molecule has 0 saturated heterocycles. The van der Waals surface area contributed by atoms with Gasteiger partial charge in [-0.05, 0) is 36.4 Å². The fourth-order valence-electron chi connectivity index (χ4n) is 2.39. The molecule has 0 fully saturated rings. The highest BCUT2D eigenvalue weighted by atomic mass is 35.5. The van der Waals surface area contributed by atoms with Crippen molar-refractivity contribution < 1.29 is 18.7 Å². The SMILES string of the molecule is COC(=O)c1ccc2c(c1)oc(=O)n2CC(=O)Nc1cc(Cl)ccc1Cl. The maximum absolute atomic E-state index is 12.3. The Morgan fingerprint density at radius 1 is 1.19 bits per heavy atom. The van der Waals surface area contributed by atoms with Gasteiger partial charge in [0.05, 0.1) is 28.9 Å². The van der Waals surface area contributed by atoms with Crippen LogP contribution in [0.15, 0.2) is 45.6 Å². The quantitative estimate of drug-likeness (QED) is 0.685. The van der Waals surface area contributed by atoms with Gasteiger partial charge in [-0.2, -0.15) is 0 Å². The Bertz CT molecular complexity index is 1070. The molecule has 3 rings (SSSR count). The van der Waals surface area contributed by atoms with E-state index in [0.717, 1.165) is 4.57 Å². The standard InChI is InChI=1S/C17H12Cl2N2O5/c1-25-16(23)9-2-5-13-14(6-9)26-17(24)21(13)8-15(22)20-12-7-10(18)3-4-11(12)19/h2-7H,8H2,1H3,(H,20,22). The van der Waals surface area contributed by atoms with Crippen molar-refractivity contribution in [3.8, 4) is 0 Å². The Labute approximate surface area is 157 Å². The van der Waals surface area contributed by atoms with Crippen molar-refractivity contribution >= 4 is 51.9 Å². The molecule has 1 aromatic heterocycles. The molecule has 134 valence electrons. The normalized spacial score (nSPS) is 10.7. The number of oxazole rings is 1. The van der Waals surface area contributed by atoms with Gasteiger partial charge < -0.3 is 14.5 Å². The van der Waals surface area contributed by atoms with Crippen molar-refractivity contribution in [2.45, 2.75) is 6.54 Å². The highest BCUT2D eigenvalue weighted by Gasteiger charge is 2.16. The van der Waals surface area contributed by atoms with Crippen molar-refractivity contribution in [1.82, 2.24) is 4.57 Å². The second-order valence-corrected chi connectivity index (χ2v) is 6.14. The molecule has 0 spiro atoms. The van der Waals surface area contributed by atoms with Gasteiger partial charge in [0.25, 0.3) is 0 Å². The molecule has 1 amide bonds. The van der Waals surface area contributed by atoms with Gasteiger partial charge in [-0.25, -0.2) is 9.59 Å². The van der Waals surface area contributed by atoms with E-state index in [1.165, 1.54) is 31.4 Å². The number of amides is 1. The average molecular weight is 395 g/mol. The third kappa shape index (κ3) is 3.58. The van der Waals surface area contributed by atoms with Crippen LogP contribution in [-0.4, -0.2) is 23.6 Å². The van der Waals surface area contributed by atoms with Gasteiger partial charge in [0.2, 0.25) is 5.91 Å². The third-order valence-corrected chi connectivity index (χ3v) is 4.16. The number of fused-ring (bicyclic) bond motifs is 1. The summed E-state index contributed by atoms with van der Waals surface area (Å²) in [6, 6.07) is 9.00. The zero-order valence-corrected chi connectivity index (χ0v) is 14.9. The Balaban J connectivity index is 1.87. The number of halogens is 2. The highest BCUT2D eigenvalue weighted by Crippen LogP contribution is 2.25. The Morgan fingerprint density at radius 2 is 1.96 bits per heavy atom. The first kappa shape index (κ1) is 18.0. The van der Waals surface area contributed by atoms with E-state index in [9.17, 15) is 14.4 Å².